The molecule has 0 aromatic heterocycles. The Bertz CT molecular complexity index is 321. The summed E-state index contributed by atoms with van der Waals surface area (Å²) in [6.45, 7) is 12.8. The number of hydrogen-bond acceptors (Lipinski definition) is 3. The Hall–Kier alpha value is -0.810. The van der Waals surface area contributed by atoms with Crippen molar-refractivity contribution in [2.45, 2.75) is 53.0 Å². The number of aliphatic hydroxyl groups is 1. The largest absolute Gasteiger partial charge is 0.394 e. The molecule has 2 amide bonds. The highest BCUT2D eigenvalue weighted by molar-refractivity contribution is 5.74. The van der Waals surface area contributed by atoms with Crippen LogP contribution >= 0.6 is 0 Å². The summed E-state index contributed by atoms with van der Waals surface area (Å²) in [6.07, 6.45) is 3.20. The molecular weight excluding hydrogens is 278 g/mol. The van der Waals surface area contributed by atoms with Crippen LogP contribution in [0.5, 0.6) is 0 Å². The highest BCUT2D eigenvalue weighted by atomic mass is 16.3. The van der Waals surface area contributed by atoms with Crippen molar-refractivity contribution in [1.29, 1.82) is 0 Å². The van der Waals surface area contributed by atoms with Gasteiger partial charge >= 0.3 is 6.03 Å². The lowest BCUT2D eigenvalue weighted by Crippen LogP contribution is -2.47. The lowest BCUT2D eigenvalue weighted by molar-refractivity contribution is 0.156. The van der Waals surface area contributed by atoms with Crippen molar-refractivity contribution in [3.8, 4) is 0 Å². The van der Waals surface area contributed by atoms with Gasteiger partial charge in [0.05, 0.1) is 12.6 Å². The molecule has 0 spiro atoms. The van der Waals surface area contributed by atoms with Crippen molar-refractivity contribution >= 4 is 6.03 Å². The van der Waals surface area contributed by atoms with Gasteiger partial charge in [-0.3, -0.25) is 0 Å². The lowest BCUT2D eigenvalue weighted by Gasteiger charge is -2.33. The first-order valence-electron chi connectivity index (χ1n) is 8.78. The van der Waals surface area contributed by atoms with E-state index in [4.69, 9.17) is 0 Å². The van der Waals surface area contributed by atoms with Crippen LogP contribution in [0, 0.1) is 17.8 Å². The van der Waals surface area contributed by atoms with E-state index >= 15 is 0 Å². The molecule has 0 aliphatic carbocycles. The van der Waals surface area contributed by atoms with E-state index in [0.29, 0.717) is 17.8 Å². The summed E-state index contributed by atoms with van der Waals surface area (Å²) >= 11 is 0. The number of rotatable bonds is 8. The number of nitrogens with one attached hydrogen (secondary N) is 2. The Morgan fingerprint density at radius 2 is 2.00 bits per heavy atom. The van der Waals surface area contributed by atoms with Crippen molar-refractivity contribution in [1.82, 2.24) is 15.5 Å². The Morgan fingerprint density at radius 1 is 1.27 bits per heavy atom. The second-order valence-electron chi connectivity index (χ2n) is 7.53. The van der Waals surface area contributed by atoms with Gasteiger partial charge in [0.2, 0.25) is 0 Å². The summed E-state index contributed by atoms with van der Waals surface area (Å²) in [5, 5.41) is 15.2. The fraction of sp³-hybridized carbons (Fsp3) is 0.941. The number of piperidine rings is 1. The first-order valence-corrected chi connectivity index (χ1v) is 8.78. The summed E-state index contributed by atoms with van der Waals surface area (Å²) < 4.78 is 0. The third-order valence-corrected chi connectivity index (χ3v) is 4.09. The minimum absolute atomic E-state index is 0.00278. The second-order valence-corrected chi connectivity index (χ2v) is 7.53. The van der Waals surface area contributed by atoms with E-state index in [2.05, 4.69) is 43.2 Å². The quantitative estimate of drug-likeness (QED) is 0.643. The molecule has 2 atom stereocenters. The highest BCUT2D eigenvalue weighted by Crippen LogP contribution is 2.16. The Morgan fingerprint density at radius 3 is 2.59 bits per heavy atom. The number of hydrogen-bond donors (Lipinski definition) is 3. The van der Waals surface area contributed by atoms with Crippen LogP contribution < -0.4 is 10.6 Å². The van der Waals surface area contributed by atoms with Crippen LogP contribution in [0.15, 0.2) is 0 Å². The summed E-state index contributed by atoms with van der Waals surface area (Å²) in [7, 11) is 0. The highest BCUT2D eigenvalue weighted by Gasteiger charge is 2.21. The van der Waals surface area contributed by atoms with Crippen molar-refractivity contribution in [3.05, 3.63) is 0 Å². The molecule has 0 radical (unpaired) electrons. The van der Waals surface area contributed by atoms with Crippen LogP contribution in [0.2, 0.25) is 0 Å². The van der Waals surface area contributed by atoms with Gasteiger partial charge in [-0.25, -0.2) is 4.79 Å². The molecule has 22 heavy (non-hydrogen) atoms. The van der Waals surface area contributed by atoms with Gasteiger partial charge in [-0.1, -0.05) is 27.7 Å². The molecule has 0 bridgehead atoms. The van der Waals surface area contributed by atoms with Gasteiger partial charge in [-0.05, 0) is 43.6 Å². The third kappa shape index (κ3) is 7.99. The molecular formula is C17H35N3O2. The minimum atomic E-state index is -0.152. The predicted octanol–water partition coefficient (Wildman–Crippen LogP) is 2.06. The average molecular weight is 313 g/mol. The molecule has 5 nitrogen and oxygen atoms in total. The number of carbonyl (C=O) groups is 1. The molecule has 1 saturated heterocycles. The molecule has 1 aliphatic rings. The van der Waals surface area contributed by atoms with Gasteiger partial charge in [-0.2, -0.15) is 0 Å². The first kappa shape index (κ1) is 19.2. The molecule has 1 aliphatic heterocycles. The standard InChI is InChI=1S/C17H35N3O2/c1-13(2)8-16(12-21)19-17(22)18-9-15-6-5-7-20(11-15)10-14(3)4/h13-16,21H,5-12H2,1-4H3,(H2,18,19,22). The molecule has 1 heterocycles. The van der Waals surface area contributed by atoms with Crippen molar-refractivity contribution in [2.24, 2.45) is 17.8 Å². The minimum Gasteiger partial charge on any atom is -0.394 e. The summed E-state index contributed by atoms with van der Waals surface area (Å²) in [5.74, 6) is 1.69. The fourth-order valence-electron chi connectivity index (χ4n) is 3.22. The van der Waals surface area contributed by atoms with E-state index in [1.165, 1.54) is 19.4 Å². The summed E-state index contributed by atoms with van der Waals surface area (Å²) in [6, 6.07) is -0.301. The van der Waals surface area contributed by atoms with Gasteiger partial charge in [0, 0.05) is 19.6 Å². The smallest absolute Gasteiger partial charge is 0.315 e. The molecule has 0 aromatic rings. The SMILES string of the molecule is CC(C)CC(CO)NC(=O)NCC1CCCN(CC(C)C)C1. The van der Waals surface area contributed by atoms with Crippen LogP contribution in [0.3, 0.4) is 0 Å². The molecule has 1 rings (SSSR count). The first-order chi connectivity index (χ1) is 10.4. The Kier molecular flexibility index (Phi) is 8.79. The zero-order valence-corrected chi connectivity index (χ0v) is 14.8. The monoisotopic (exact) mass is 313 g/mol. The molecule has 2 unspecified atom stereocenters. The Labute approximate surface area is 135 Å². The van der Waals surface area contributed by atoms with E-state index in [0.717, 1.165) is 26.1 Å². The van der Waals surface area contributed by atoms with Gasteiger partial charge in [-0.15, -0.1) is 0 Å². The second kappa shape index (κ2) is 10.1. The van der Waals surface area contributed by atoms with Crippen molar-refractivity contribution < 1.29 is 9.90 Å². The molecule has 130 valence electrons. The van der Waals surface area contributed by atoms with Gasteiger partial charge in [0.25, 0.3) is 0 Å². The summed E-state index contributed by atoms with van der Waals surface area (Å²) in [4.78, 5) is 14.5. The van der Waals surface area contributed by atoms with Gasteiger partial charge in [0.15, 0.2) is 0 Å². The van der Waals surface area contributed by atoms with E-state index in [1.807, 2.05) is 0 Å². The number of aliphatic hydroxyl groups excluding tert-OH is 1. The van der Waals surface area contributed by atoms with Crippen LogP contribution in [0.1, 0.15) is 47.0 Å². The van der Waals surface area contributed by atoms with E-state index in [1.54, 1.807) is 0 Å². The number of nitrogens with zero attached hydrogens (tertiary/aromatic N) is 1. The third-order valence-electron chi connectivity index (χ3n) is 4.09. The lowest BCUT2D eigenvalue weighted by atomic mass is 9.97. The maximum Gasteiger partial charge on any atom is 0.315 e. The maximum absolute atomic E-state index is 11.9. The molecule has 0 aromatic carbocycles. The van der Waals surface area contributed by atoms with E-state index < -0.39 is 0 Å². The van der Waals surface area contributed by atoms with Crippen LogP contribution in [-0.4, -0.2) is 54.9 Å². The fourth-order valence-corrected chi connectivity index (χ4v) is 3.22. The van der Waals surface area contributed by atoms with Crippen LogP contribution in [0.25, 0.3) is 0 Å². The van der Waals surface area contributed by atoms with Crippen molar-refractivity contribution in [3.63, 3.8) is 0 Å². The maximum atomic E-state index is 11.9. The van der Waals surface area contributed by atoms with Crippen LogP contribution in [-0.2, 0) is 0 Å². The summed E-state index contributed by atoms with van der Waals surface area (Å²) in [5.41, 5.74) is 0. The molecule has 3 N–H and O–H groups in total. The van der Waals surface area contributed by atoms with Crippen LogP contribution in [0.4, 0.5) is 4.79 Å². The topological polar surface area (TPSA) is 64.6 Å². The molecule has 5 heteroatoms. The number of amides is 2. The average Bonchev–Trinajstić information content (AvgIpc) is 2.43. The van der Waals surface area contributed by atoms with Gasteiger partial charge in [0.1, 0.15) is 0 Å². The zero-order chi connectivity index (χ0) is 16.5. The zero-order valence-electron chi connectivity index (χ0n) is 14.8. The number of carbonyl (C=O) groups excluding carboxylic acids is 1. The number of urea groups is 1. The van der Waals surface area contributed by atoms with Gasteiger partial charge < -0.3 is 20.6 Å². The van der Waals surface area contributed by atoms with Crippen molar-refractivity contribution in [2.75, 3.05) is 32.8 Å². The molecule has 0 saturated carbocycles. The normalized spacial score (nSPS) is 21.1. The Balaban J connectivity index is 2.27. The van der Waals surface area contributed by atoms with E-state index in [-0.39, 0.29) is 18.7 Å². The number of likely N-dealkylation sites (tertiary alicyclic amines) is 1. The molecule has 1 fully saturated rings. The predicted molar refractivity (Wildman–Crippen MR) is 90.9 cm³/mol. The van der Waals surface area contributed by atoms with E-state index in [9.17, 15) is 9.90 Å².